The third-order valence-corrected chi connectivity index (χ3v) is 3.00. The molecule has 0 fully saturated rings. The molecule has 2 N–H and O–H groups in total. The van der Waals surface area contributed by atoms with E-state index >= 15 is 0 Å². The van der Waals surface area contributed by atoms with Gasteiger partial charge in [-0.15, -0.1) is 0 Å². The minimum atomic E-state index is -4.38. The van der Waals surface area contributed by atoms with E-state index in [0.29, 0.717) is 19.5 Å². The van der Waals surface area contributed by atoms with Crippen LogP contribution in [0.1, 0.15) is 12.0 Å². The maximum absolute atomic E-state index is 12.8. The fraction of sp³-hybridized carbons (Fsp3) is 0.267. The molecule has 3 nitrogen and oxygen atoms in total. The minimum Gasteiger partial charge on any atom is -0.330 e. The zero-order valence-corrected chi connectivity index (χ0v) is 11.3. The molecule has 1 heterocycles. The molecule has 2 rings (SSSR count). The number of nitrogens with zero attached hydrogens (tertiary/aromatic N) is 2. The molecule has 0 saturated carbocycles. The van der Waals surface area contributed by atoms with Gasteiger partial charge in [-0.3, -0.25) is 0 Å². The normalized spacial score (nSPS) is 11.4. The smallest absolute Gasteiger partial charge is 0.330 e. The fourth-order valence-electron chi connectivity index (χ4n) is 1.98. The fourth-order valence-corrected chi connectivity index (χ4v) is 1.98. The third-order valence-electron chi connectivity index (χ3n) is 3.00. The molecule has 1 aromatic heterocycles. The van der Waals surface area contributed by atoms with Gasteiger partial charge in [0, 0.05) is 18.4 Å². The Kier molecular flexibility index (Phi) is 4.80. The molecule has 0 aliphatic heterocycles. The first kappa shape index (κ1) is 15.3. The topological polar surface area (TPSA) is 42.1 Å². The molecule has 0 bridgehead atoms. The molecule has 1 aromatic carbocycles. The van der Waals surface area contributed by atoms with Crippen LogP contribution >= 0.6 is 0 Å². The highest BCUT2D eigenvalue weighted by molar-refractivity contribution is 5.60. The molecule has 0 aliphatic rings. The van der Waals surface area contributed by atoms with Crippen molar-refractivity contribution in [3.8, 4) is 0 Å². The Morgan fingerprint density at radius 1 is 1.10 bits per heavy atom. The maximum Gasteiger partial charge on any atom is 0.416 e. The zero-order chi connectivity index (χ0) is 15.3. The molecule has 0 spiro atoms. The largest absolute Gasteiger partial charge is 0.416 e. The number of alkyl halides is 3. The van der Waals surface area contributed by atoms with Crippen LogP contribution in [-0.2, 0) is 6.18 Å². The van der Waals surface area contributed by atoms with Gasteiger partial charge in [0.15, 0.2) is 0 Å². The van der Waals surface area contributed by atoms with E-state index in [-0.39, 0.29) is 5.82 Å². The Morgan fingerprint density at radius 2 is 1.81 bits per heavy atom. The van der Waals surface area contributed by atoms with Gasteiger partial charge in [-0.2, -0.15) is 13.2 Å². The highest BCUT2D eigenvalue weighted by atomic mass is 19.4. The molecule has 2 aromatic rings. The van der Waals surface area contributed by atoms with E-state index in [1.807, 2.05) is 30.3 Å². The summed E-state index contributed by atoms with van der Waals surface area (Å²) in [5.41, 5.74) is 5.59. The van der Waals surface area contributed by atoms with Crippen LogP contribution in [-0.4, -0.2) is 18.1 Å². The number of pyridine rings is 1. The Bertz CT molecular complexity index is 570. The van der Waals surface area contributed by atoms with Crippen LogP contribution in [0.5, 0.6) is 0 Å². The van der Waals surface area contributed by atoms with Crippen LogP contribution in [0, 0.1) is 0 Å². The first-order chi connectivity index (χ1) is 10.0. The van der Waals surface area contributed by atoms with Gasteiger partial charge in [0.05, 0.1) is 5.56 Å². The Morgan fingerprint density at radius 3 is 2.43 bits per heavy atom. The second-order valence-corrected chi connectivity index (χ2v) is 4.53. The van der Waals surface area contributed by atoms with E-state index in [4.69, 9.17) is 5.73 Å². The number of rotatable bonds is 5. The lowest BCUT2D eigenvalue weighted by molar-refractivity contribution is -0.137. The average Bonchev–Trinajstić information content (AvgIpc) is 2.48. The zero-order valence-electron chi connectivity index (χ0n) is 11.3. The summed E-state index contributed by atoms with van der Waals surface area (Å²) in [5.74, 6) is 0.268. The number of hydrogen-bond donors (Lipinski definition) is 1. The summed E-state index contributed by atoms with van der Waals surface area (Å²) in [7, 11) is 0. The van der Waals surface area contributed by atoms with E-state index in [1.54, 1.807) is 4.90 Å². The van der Waals surface area contributed by atoms with Crippen molar-refractivity contribution in [2.24, 2.45) is 5.73 Å². The average molecular weight is 295 g/mol. The molecule has 0 atom stereocenters. The first-order valence-electron chi connectivity index (χ1n) is 6.58. The standard InChI is InChI=1S/C15H16F3N3/c16-15(17,18)12-7-9-20-14(11-12)21(10-4-8-19)13-5-2-1-3-6-13/h1-3,5-7,9,11H,4,8,10,19H2. The van der Waals surface area contributed by atoms with Crippen LogP contribution < -0.4 is 10.6 Å². The summed E-state index contributed by atoms with van der Waals surface area (Å²) in [5, 5.41) is 0. The SMILES string of the molecule is NCCCN(c1ccccc1)c1cc(C(F)(F)F)ccn1. The van der Waals surface area contributed by atoms with E-state index < -0.39 is 11.7 Å². The molecule has 0 aliphatic carbocycles. The van der Waals surface area contributed by atoms with Crippen LogP contribution in [0.15, 0.2) is 48.7 Å². The number of benzene rings is 1. The van der Waals surface area contributed by atoms with Gasteiger partial charge in [0.1, 0.15) is 5.82 Å². The number of aromatic nitrogens is 1. The lowest BCUT2D eigenvalue weighted by atomic mass is 10.2. The Labute approximate surface area is 121 Å². The predicted molar refractivity (Wildman–Crippen MR) is 76.4 cm³/mol. The summed E-state index contributed by atoms with van der Waals surface area (Å²) in [6.45, 7) is 0.969. The van der Waals surface area contributed by atoms with Crippen molar-refractivity contribution in [1.29, 1.82) is 0 Å². The summed E-state index contributed by atoms with van der Waals surface area (Å²) in [6, 6.07) is 11.2. The first-order valence-corrected chi connectivity index (χ1v) is 6.58. The summed E-state index contributed by atoms with van der Waals surface area (Å²) >= 11 is 0. The Hall–Kier alpha value is -2.08. The van der Waals surface area contributed by atoms with Crippen molar-refractivity contribution in [3.05, 3.63) is 54.2 Å². The lowest BCUT2D eigenvalue weighted by Gasteiger charge is -2.24. The quantitative estimate of drug-likeness (QED) is 0.916. The number of nitrogens with two attached hydrogens (primary N) is 1. The number of anilines is 2. The monoisotopic (exact) mass is 295 g/mol. The lowest BCUT2D eigenvalue weighted by Crippen LogP contribution is -2.22. The van der Waals surface area contributed by atoms with Crippen molar-refractivity contribution in [2.45, 2.75) is 12.6 Å². The summed E-state index contributed by atoms with van der Waals surface area (Å²) in [4.78, 5) is 5.81. The van der Waals surface area contributed by atoms with Crippen LogP contribution in [0.25, 0.3) is 0 Å². The van der Waals surface area contributed by atoms with Gasteiger partial charge in [-0.25, -0.2) is 4.98 Å². The van der Waals surface area contributed by atoms with Gasteiger partial charge in [-0.1, -0.05) is 18.2 Å². The van der Waals surface area contributed by atoms with Crippen molar-refractivity contribution in [2.75, 3.05) is 18.0 Å². The molecule has 6 heteroatoms. The van der Waals surface area contributed by atoms with Crippen LogP contribution in [0.3, 0.4) is 0 Å². The molecule has 0 amide bonds. The van der Waals surface area contributed by atoms with E-state index in [1.165, 1.54) is 6.20 Å². The van der Waals surface area contributed by atoms with Gasteiger partial charge in [0.2, 0.25) is 0 Å². The second-order valence-electron chi connectivity index (χ2n) is 4.53. The number of para-hydroxylation sites is 1. The molecule has 21 heavy (non-hydrogen) atoms. The van der Waals surface area contributed by atoms with Crippen molar-refractivity contribution in [3.63, 3.8) is 0 Å². The van der Waals surface area contributed by atoms with Crippen LogP contribution in [0.4, 0.5) is 24.7 Å². The molecule has 0 radical (unpaired) electrons. The highest BCUT2D eigenvalue weighted by Gasteiger charge is 2.31. The maximum atomic E-state index is 12.8. The Balaban J connectivity index is 2.37. The predicted octanol–water partition coefficient (Wildman–Crippen LogP) is 3.59. The third kappa shape index (κ3) is 3.95. The number of hydrogen-bond acceptors (Lipinski definition) is 3. The van der Waals surface area contributed by atoms with Crippen molar-refractivity contribution in [1.82, 2.24) is 4.98 Å². The molecule has 0 saturated heterocycles. The van der Waals surface area contributed by atoms with Gasteiger partial charge < -0.3 is 10.6 Å². The van der Waals surface area contributed by atoms with Crippen molar-refractivity contribution < 1.29 is 13.2 Å². The van der Waals surface area contributed by atoms with Crippen molar-refractivity contribution >= 4 is 11.5 Å². The highest BCUT2D eigenvalue weighted by Crippen LogP contribution is 2.32. The molecular formula is C15H16F3N3. The molecular weight excluding hydrogens is 279 g/mol. The minimum absolute atomic E-state index is 0.268. The van der Waals surface area contributed by atoms with Gasteiger partial charge >= 0.3 is 6.18 Å². The summed E-state index contributed by atoms with van der Waals surface area (Å²) < 4.78 is 38.5. The van der Waals surface area contributed by atoms with Gasteiger partial charge in [0.25, 0.3) is 0 Å². The molecule has 0 unspecified atom stereocenters. The van der Waals surface area contributed by atoms with Gasteiger partial charge in [-0.05, 0) is 37.2 Å². The van der Waals surface area contributed by atoms with E-state index in [0.717, 1.165) is 17.8 Å². The van der Waals surface area contributed by atoms with Crippen LogP contribution in [0.2, 0.25) is 0 Å². The van der Waals surface area contributed by atoms with E-state index in [9.17, 15) is 13.2 Å². The second kappa shape index (κ2) is 6.58. The molecule has 112 valence electrons. The van der Waals surface area contributed by atoms with E-state index in [2.05, 4.69) is 4.98 Å². The number of halogens is 3. The summed E-state index contributed by atoms with van der Waals surface area (Å²) in [6.07, 6.45) is -2.54.